The van der Waals surface area contributed by atoms with Crippen molar-refractivity contribution in [3.63, 3.8) is 0 Å². The lowest BCUT2D eigenvalue weighted by atomic mass is 9.94. The molecule has 2 aromatic carbocycles. The van der Waals surface area contributed by atoms with Gasteiger partial charge in [-0.05, 0) is 65.1 Å². The van der Waals surface area contributed by atoms with Gasteiger partial charge < -0.3 is 14.8 Å². The van der Waals surface area contributed by atoms with Crippen molar-refractivity contribution >= 4 is 28.8 Å². The highest BCUT2D eigenvalue weighted by Crippen LogP contribution is 2.38. The van der Waals surface area contributed by atoms with E-state index in [1.807, 2.05) is 16.8 Å². The van der Waals surface area contributed by atoms with Crippen LogP contribution in [0.4, 0.5) is 10.1 Å². The van der Waals surface area contributed by atoms with E-state index in [0.29, 0.717) is 22.7 Å². The SMILES string of the molecule is COc1ccc(N(C(=O)Cc2ccsc2)[C@@H](C(=O)NC2CCCCC2)c2ccc(F)cc2)c(OC)c1. The second-order valence-electron chi connectivity index (χ2n) is 8.91. The van der Waals surface area contributed by atoms with E-state index in [2.05, 4.69) is 5.32 Å². The number of amides is 2. The number of methoxy groups -OCH3 is 2. The van der Waals surface area contributed by atoms with Crippen LogP contribution >= 0.6 is 11.3 Å². The molecule has 1 atom stereocenters. The molecule has 1 aliphatic carbocycles. The van der Waals surface area contributed by atoms with E-state index >= 15 is 0 Å². The van der Waals surface area contributed by atoms with Crippen LogP contribution in [0.15, 0.2) is 59.3 Å². The summed E-state index contributed by atoms with van der Waals surface area (Å²) in [6.45, 7) is 0. The first-order chi connectivity index (χ1) is 17.5. The normalized spacial score (nSPS) is 14.6. The van der Waals surface area contributed by atoms with Crippen LogP contribution < -0.4 is 19.7 Å². The van der Waals surface area contributed by atoms with Crippen LogP contribution in [0.2, 0.25) is 0 Å². The highest BCUT2D eigenvalue weighted by Gasteiger charge is 2.35. The van der Waals surface area contributed by atoms with Gasteiger partial charge in [0, 0.05) is 12.1 Å². The lowest BCUT2D eigenvalue weighted by Crippen LogP contribution is -2.47. The van der Waals surface area contributed by atoms with Gasteiger partial charge in [-0.15, -0.1) is 0 Å². The second kappa shape index (κ2) is 12.0. The van der Waals surface area contributed by atoms with Crippen LogP contribution in [0.1, 0.15) is 49.3 Å². The molecule has 6 nitrogen and oxygen atoms in total. The number of hydrogen-bond donors (Lipinski definition) is 1. The van der Waals surface area contributed by atoms with E-state index in [-0.39, 0.29) is 24.3 Å². The number of carbonyl (C=O) groups excluding carboxylic acids is 2. The Morgan fingerprint density at radius 3 is 2.44 bits per heavy atom. The largest absolute Gasteiger partial charge is 0.497 e. The number of thiophene rings is 1. The summed E-state index contributed by atoms with van der Waals surface area (Å²) in [5, 5.41) is 6.99. The van der Waals surface area contributed by atoms with E-state index in [1.165, 1.54) is 35.5 Å². The minimum absolute atomic E-state index is 0.0424. The van der Waals surface area contributed by atoms with E-state index in [4.69, 9.17) is 9.47 Å². The molecule has 1 N–H and O–H groups in total. The molecule has 1 heterocycles. The smallest absolute Gasteiger partial charge is 0.248 e. The molecular formula is C28H31FN2O4S. The molecule has 1 saturated carbocycles. The fourth-order valence-electron chi connectivity index (χ4n) is 4.64. The minimum Gasteiger partial charge on any atom is -0.497 e. The standard InChI is InChI=1S/C28H31FN2O4S/c1-34-23-12-13-24(25(17-23)35-2)31(26(32)16-19-14-15-36-18-19)27(20-8-10-21(29)11-9-20)28(33)30-22-6-4-3-5-7-22/h8-15,17-18,22,27H,3-7,16H2,1-2H3,(H,30,33)/t27-/m1/s1. The van der Waals surface area contributed by atoms with Crippen molar-refractivity contribution in [3.05, 3.63) is 76.2 Å². The van der Waals surface area contributed by atoms with Crippen molar-refractivity contribution in [2.24, 2.45) is 0 Å². The zero-order valence-corrected chi connectivity index (χ0v) is 21.4. The molecule has 36 heavy (non-hydrogen) atoms. The number of nitrogens with zero attached hydrogens (tertiary/aromatic N) is 1. The van der Waals surface area contributed by atoms with Gasteiger partial charge in [0.2, 0.25) is 11.8 Å². The molecule has 3 aromatic rings. The van der Waals surface area contributed by atoms with Crippen LogP contribution in [0.3, 0.4) is 0 Å². The quantitative estimate of drug-likeness (QED) is 0.403. The Labute approximate surface area is 215 Å². The molecule has 0 radical (unpaired) electrons. The number of rotatable bonds is 9. The Morgan fingerprint density at radius 1 is 1.06 bits per heavy atom. The summed E-state index contributed by atoms with van der Waals surface area (Å²) in [5.74, 6) is -0.0326. The number of ether oxygens (including phenoxy) is 2. The lowest BCUT2D eigenvalue weighted by molar-refractivity contribution is -0.127. The van der Waals surface area contributed by atoms with Crippen molar-refractivity contribution in [2.45, 2.75) is 50.6 Å². The molecule has 0 saturated heterocycles. The molecule has 1 aromatic heterocycles. The molecule has 1 fully saturated rings. The Kier molecular flexibility index (Phi) is 8.59. The van der Waals surface area contributed by atoms with Crippen LogP contribution in [0.25, 0.3) is 0 Å². The van der Waals surface area contributed by atoms with Gasteiger partial charge in [0.05, 0.1) is 26.3 Å². The summed E-state index contributed by atoms with van der Waals surface area (Å²) >= 11 is 1.50. The van der Waals surface area contributed by atoms with Gasteiger partial charge in [0.1, 0.15) is 23.4 Å². The molecule has 0 unspecified atom stereocenters. The Hall–Kier alpha value is -3.39. The minimum atomic E-state index is -1.01. The molecule has 0 aliphatic heterocycles. The van der Waals surface area contributed by atoms with E-state index in [1.54, 1.807) is 37.4 Å². The summed E-state index contributed by atoms with van der Waals surface area (Å²) in [4.78, 5) is 29.3. The van der Waals surface area contributed by atoms with Crippen LogP contribution in [0.5, 0.6) is 11.5 Å². The maximum atomic E-state index is 13.9. The molecule has 2 amide bonds. The number of hydrogen-bond acceptors (Lipinski definition) is 5. The maximum Gasteiger partial charge on any atom is 0.248 e. The average molecular weight is 511 g/mol. The van der Waals surface area contributed by atoms with Gasteiger partial charge in [0.15, 0.2) is 0 Å². The van der Waals surface area contributed by atoms with Crippen molar-refractivity contribution < 1.29 is 23.5 Å². The predicted octanol–water partition coefficient (Wildman–Crippen LogP) is 5.67. The van der Waals surface area contributed by atoms with E-state index in [9.17, 15) is 14.0 Å². The number of anilines is 1. The molecular weight excluding hydrogens is 479 g/mol. The third-order valence-corrected chi connectivity index (χ3v) is 7.23. The van der Waals surface area contributed by atoms with Crippen molar-refractivity contribution in [1.29, 1.82) is 0 Å². The highest BCUT2D eigenvalue weighted by molar-refractivity contribution is 7.08. The lowest BCUT2D eigenvalue weighted by Gasteiger charge is -2.34. The Balaban J connectivity index is 1.80. The second-order valence-corrected chi connectivity index (χ2v) is 9.69. The Morgan fingerprint density at radius 2 is 1.81 bits per heavy atom. The van der Waals surface area contributed by atoms with Gasteiger partial charge in [-0.25, -0.2) is 4.39 Å². The molecule has 1 aliphatic rings. The molecule has 190 valence electrons. The Bertz CT molecular complexity index is 1160. The summed E-state index contributed by atoms with van der Waals surface area (Å²) in [6, 6.07) is 11.8. The number of nitrogens with one attached hydrogen (secondary N) is 1. The monoisotopic (exact) mass is 510 g/mol. The zero-order chi connectivity index (χ0) is 25.5. The molecule has 0 bridgehead atoms. The summed E-state index contributed by atoms with van der Waals surface area (Å²) < 4.78 is 24.8. The van der Waals surface area contributed by atoms with Gasteiger partial charge in [-0.1, -0.05) is 31.4 Å². The number of halogens is 1. The summed E-state index contributed by atoms with van der Waals surface area (Å²) in [7, 11) is 3.06. The zero-order valence-electron chi connectivity index (χ0n) is 20.5. The van der Waals surface area contributed by atoms with Crippen molar-refractivity contribution in [2.75, 3.05) is 19.1 Å². The number of carbonyl (C=O) groups is 2. The average Bonchev–Trinajstić information content (AvgIpc) is 3.41. The third kappa shape index (κ3) is 6.05. The summed E-state index contributed by atoms with van der Waals surface area (Å²) in [6.07, 6.45) is 5.17. The first-order valence-electron chi connectivity index (χ1n) is 12.1. The first-order valence-corrected chi connectivity index (χ1v) is 13.1. The van der Waals surface area contributed by atoms with Gasteiger partial charge in [0.25, 0.3) is 0 Å². The molecule has 8 heteroatoms. The van der Waals surface area contributed by atoms with Gasteiger partial charge in [-0.3, -0.25) is 14.5 Å². The van der Waals surface area contributed by atoms with Gasteiger partial charge in [-0.2, -0.15) is 11.3 Å². The summed E-state index contributed by atoms with van der Waals surface area (Å²) in [5.41, 5.74) is 1.81. The first kappa shape index (κ1) is 25.7. The van der Waals surface area contributed by atoms with Crippen molar-refractivity contribution in [1.82, 2.24) is 5.32 Å². The van der Waals surface area contributed by atoms with Crippen LogP contribution in [0, 0.1) is 5.82 Å². The topological polar surface area (TPSA) is 67.9 Å². The maximum absolute atomic E-state index is 13.9. The van der Waals surface area contributed by atoms with E-state index < -0.39 is 11.9 Å². The molecule has 0 spiro atoms. The van der Waals surface area contributed by atoms with Crippen LogP contribution in [-0.2, 0) is 16.0 Å². The predicted molar refractivity (Wildman–Crippen MR) is 139 cm³/mol. The molecule has 4 rings (SSSR count). The van der Waals surface area contributed by atoms with Crippen molar-refractivity contribution in [3.8, 4) is 11.5 Å². The number of benzene rings is 2. The van der Waals surface area contributed by atoms with E-state index in [0.717, 1.165) is 37.7 Å². The highest BCUT2D eigenvalue weighted by atomic mass is 32.1. The fraction of sp³-hybridized carbons (Fsp3) is 0.357. The van der Waals surface area contributed by atoms with Gasteiger partial charge >= 0.3 is 0 Å². The van der Waals surface area contributed by atoms with Crippen LogP contribution in [-0.4, -0.2) is 32.1 Å². The fourth-order valence-corrected chi connectivity index (χ4v) is 5.31. The third-order valence-electron chi connectivity index (χ3n) is 6.49.